The molecule has 2 aliphatic rings. The first kappa shape index (κ1) is 10.2. The summed E-state index contributed by atoms with van der Waals surface area (Å²) in [5, 5.41) is 3.59. The Kier molecular flexibility index (Phi) is 2.21. The van der Waals surface area contributed by atoms with Gasteiger partial charge in [0.1, 0.15) is 0 Å². The monoisotopic (exact) mass is 217 g/mol. The molecular weight excluding hydrogens is 198 g/mol. The fourth-order valence-corrected chi connectivity index (χ4v) is 3.27. The molecule has 0 radical (unpaired) electrons. The summed E-state index contributed by atoms with van der Waals surface area (Å²) in [6.45, 7) is 6.36. The molecule has 0 saturated carbocycles. The number of nitrogens with one attached hydrogen (secondary N) is 1. The van der Waals surface area contributed by atoms with Gasteiger partial charge in [0.05, 0.1) is 6.10 Å². The highest BCUT2D eigenvalue weighted by Crippen LogP contribution is 2.45. The van der Waals surface area contributed by atoms with Crippen LogP contribution < -0.4 is 5.32 Å². The van der Waals surface area contributed by atoms with Crippen LogP contribution in [0.15, 0.2) is 18.2 Å². The van der Waals surface area contributed by atoms with Crippen molar-refractivity contribution in [2.75, 3.05) is 18.5 Å². The second-order valence-electron chi connectivity index (χ2n) is 5.27. The Hall–Kier alpha value is -1.02. The molecular formula is C14H19NO. The number of aryl methyl sites for hydroxylation is 1. The van der Waals surface area contributed by atoms with Gasteiger partial charge in [0.2, 0.25) is 0 Å². The molecule has 0 bridgehead atoms. The first-order valence-electron chi connectivity index (χ1n) is 6.17. The standard InChI is InChI=1S/C14H19NO/c1-10-4-3-5-12-13(10)15-9-14(12)6-7-16-11(2)8-14/h3-5,11,15H,6-9H2,1-2H3. The maximum Gasteiger partial charge on any atom is 0.0556 e. The SMILES string of the molecule is Cc1cccc2c1NCC21CCOC(C)C1. The average Bonchev–Trinajstić information content (AvgIpc) is 2.59. The second-order valence-corrected chi connectivity index (χ2v) is 5.27. The maximum atomic E-state index is 5.68. The molecule has 2 heteroatoms. The molecule has 86 valence electrons. The van der Waals surface area contributed by atoms with E-state index in [2.05, 4.69) is 37.4 Å². The molecule has 16 heavy (non-hydrogen) atoms. The largest absolute Gasteiger partial charge is 0.384 e. The van der Waals surface area contributed by atoms with Crippen LogP contribution in [0.2, 0.25) is 0 Å². The summed E-state index contributed by atoms with van der Waals surface area (Å²) in [6.07, 6.45) is 2.69. The van der Waals surface area contributed by atoms with Crippen molar-refractivity contribution in [3.8, 4) is 0 Å². The van der Waals surface area contributed by atoms with E-state index in [9.17, 15) is 0 Å². The molecule has 2 heterocycles. The molecule has 3 rings (SSSR count). The summed E-state index contributed by atoms with van der Waals surface area (Å²) in [5.41, 5.74) is 4.59. The number of benzene rings is 1. The first-order chi connectivity index (χ1) is 7.71. The zero-order valence-electron chi connectivity index (χ0n) is 10.0. The molecule has 1 N–H and O–H groups in total. The van der Waals surface area contributed by atoms with Crippen molar-refractivity contribution < 1.29 is 4.74 Å². The van der Waals surface area contributed by atoms with Crippen LogP contribution >= 0.6 is 0 Å². The molecule has 2 aliphatic heterocycles. The minimum absolute atomic E-state index is 0.332. The van der Waals surface area contributed by atoms with Crippen LogP contribution in [0, 0.1) is 6.92 Å². The van der Waals surface area contributed by atoms with Crippen molar-refractivity contribution >= 4 is 5.69 Å². The van der Waals surface area contributed by atoms with Crippen LogP contribution in [0.1, 0.15) is 30.9 Å². The molecule has 1 saturated heterocycles. The summed E-state index contributed by atoms with van der Waals surface area (Å²) in [6, 6.07) is 6.66. The number of hydrogen-bond acceptors (Lipinski definition) is 2. The molecule has 1 spiro atoms. The van der Waals surface area contributed by atoms with Gasteiger partial charge in [0.25, 0.3) is 0 Å². The fraction of sp³-hybridized carbons (Fsp3) is 0.571. The number of hydrogen-bond donors (Lipinski definition) is 1. The van der Waals surface area contributed by atoms with Crippen molar-refractivity contribution in [3.63, 3.8) is 0 Å². The Morgan fingerprint density at radius 1 is 1.44 bits per heavy atom. The van der Waals surface area contributed by atoms with Gasteiger partial charge in [-0.25, -0.2) is 0 Å². The number of fused-ring (bicyclic) bond motifs is 2. The molecule has 0 aliphatic carbocycles. The quantitative estimate of drug-likeness (QED) is 0.721. The third-order valence-corrected chi connectivity index (χ3v) is 4.11. The molecule has 1 aromatic carbocycles. The lowest BCUT2D eigenvalue weighted by atomic mass is 9.74. The highest BCUT2D eigenvalue weighted by molar-refractivity contribution is 5.65. The van der Waals surface area contributed by atoms with E-state index in [0.717, 1.165) is 26.0 Å². The highest BCUT2D eigenvalue weighted by Gasteiger charge is 2.42. The lowest BCUT2D eigenvalue weighted by Crippen LogP contribution is -2.39. The van der Waals surface area contributed by atoms with Gasteiger partial charge in [-0.3, -0.25) is 0 Å². The minimum atomic E-state index is 0.332. The Morgan fingerprint density at radius 3 is 3.12 bits per heavy atom. The third-order valence-electron chi connectivity index (χ3n) is 4.11. The van der Waals surface area contributed by atoms with Crippen LogP contribution in [-0.4, -0.2) is 19.3 Å². The van der Waals surface area contributed by atoms with Gasteiger partial charge in [-0.2, -0.15) is 0 Å². The average molecular weight is 217 g/mol. The topological polar surface area (TPSA) is 21.3 Å². The molecule has 0 amide bonds. The maximum absolute atomic E-state index is 5.68. The van der Waals surface area contributed by atoms with Crippen molar-refractivity contribution in [3.05, 3.63) is 29.3 Å². The Bertz CT molecular complexity index is 415. The van der Waals surface area contributed by atoms with Crippen LogP contribution in [0.5, 0.6) is 0 Å². The molecule has 0 aromatic heterocycles. The number of ether oxygens (including phenoxy) is 1. The van der Waals surface area contributed by atoms with E-state index in [-0.39, 0.29) is 0 Å². The van der Waals surface area contributed by atoms with E-state index in [4.69, 9.17) is 4.74 Å². The van der Waals surface area contributed by atoms with Crippen molar-refractivity contribution in [1.29, 1.82) is 0 Å². The van der Waals surface area contributed by atoms with Gasteiger partial charge >= 0.3 is 0 Å². The van der Waals surface area contributed by atoms with E-state index >= 15 is 0 Å². The normalized spacial score (nSPS) is 32.5. The second kappa shape index (κ2) is 3.49. The molecule has 1 fully saturated rings. The van der Waals surface area contributed by atoms with Gasteiger partial charge in [-0.1, -0.05) is 18.2 Å². The zero-order chi connectivity index (χ0) is 11.2. The third kappa shape index (κ3) is 1.36. The minimum Gasteiger partial charge on any atom is -0.384 e. The van der Waals surface area contributed by atoms with Gasteiger partial charge in [0, 0.05) is 24.3 Å². The van der Waals surface area contributed by atoms with Gasteiger partial charge < -0.3 is 10.1 Å². The van der Waals surface area contributed by atoms with Gasteiger partial charge in [-0.05, 0) is 37.8 Å². The summed E-state index contributed by atoms with van der Waals surface area (Å²) in [5.74, 6) is 0. The van der Waals surface area contributed by atoms with Crippen LogP contribution in [0.4, 0.5) is 5.69 Å². The predicted octanol–water partition coefficient (Wildman–Crippen LogP) is 2.86. The number of para-hydroxylation sites is 1. The van der Waals surface area contributed by atoms with E-state index in [1.807, 2.05) is 0 Å². The van der Waals surface area contributed by atoms with E-state index in [1.165, 1.54) is 16.8 Å². The Morgan fingerprint density at radius 2 is 2.31 bits per heavy atom. The number of anilines is 1. The van der Waals surface area contributed by atoms with Crippen LogP contribution in [0.25, 0.3) is 0 Å². The first-order valence-corrected chi connectivity index (χ1v) is 6.17. The molecule has 2 atom stereocenters. The van der Waals surface area contributed by atoms with Crippen molar-refractivity contribution in [1.82, 2.24) is 0 Å². The summed E-state index contributed by atoms with van der Waals surface area (Å²) in [4.78, 5) is 0. The van der Waals surface area contributed by atoms with E-state index in [0.29, 0.717) is 11.5 Å². The lowest BCUT2D eigenvalue weighted by Gasteiger charge is -2.37. The van der Waals surface area contributed by atoms with Crippen molar-refractivity contribution in [2.45, 2.75) is 38.2 Å². The smallest absolute Gasteiger partial charge is 0.0556 e. The van der Waals surface area contributed by atoms with E-state index in [1.54, 1.807) is 0 Å². The Labute approximate surface area is 97.0 Å². The molecule has 1 aromatic rings. The predicted molar refractivity (Wildman–Crippen MR) is 66.0 cm³/mol. The summed E-state index contributed by atoms with van der Waals surface area (Å²) < 4.78 is 5.68. The van der Waals surface area contributed by atoms with Crippen LogP contribution in [0.3, 0.4) is 0 Å². The van der Waals surface area contributed by atoms with Gasteiger partial charge in [0.15, 0.2) is 0 Å². The fourth-order valence-electron chi connectivity index (χ4n) is 3.27. The highest BCUT2D eigenvalue weighted by atomic mass is 16.5. The molecule has 2 unspecified atom stereocenters. The summed E-state index contributed by atoms with van der Waals surface area (Å²) >= 11 is 0. The number of rotatable bonds is 0. The lowest BCUT2D eigenvalue weighted by molar-refractivity contribution is -0.00527. The molecule has 2 nitrogen and oxygen atoms in total. The zero-order valence-corrected chi connectivity index (χ0v) is 10.0. The Balaban J connectivity index is 2.04. The van der Waals surface area contributed by atoms with Crippen molar-refractivity contribution in [2.24, 2.45) is 0 Å². The van der Waals surface area contributed by atoms with Gasteiger partial charge in [-0.15, -0.1) is 0 Å². The summed E-state index contributed by atoms with van der Waals surface area (Å²) in [7, 11) is 0. The van der Waals surface area contributed by atoms with E-state index < -0.39 is 0 Å². The van der Waals surface area contributed by atoms with Crippen LogP contribution in [-0.2, 0) is 10.2 Å².